The summed E-state index contributed by atoms with van der Waals surface area (Å²) in [4.78, 5) is 27.6. The number of halogens is 2. The Bertz CT molecular complexity index is 1060. The monoisotopic (exact) mass is 513 g/mol. The van der Waals surface area contributed by atoms with Crippen LogP contribution < -0.4 is 9.62 Å². The molecule has 0 aliphatic heterocycles. The smallest absolute Gasteiger partial charge is 0.244 e. The first kappa shape index (κ1) is 27.0. The van der Waals surface area contributed by atoms with E-state index in [2.05, 4.69) is 5.32 Å². The summed E-state index contributed by atoms with van der Waals surface area (Å²) >= 11 is 12.6. The minimum absolute atomic E-state index is 0.0567. The van der Waals surface area contributed by atoms with Gasteiger partial charge in [-0.3, -0.25) is 13.9 Å². The van der Waals surface area contributed by atoms with Gasteiger partial charge in [0.15, 0.2) is 0 Å². The number of hydrogen-bond acceptors (Lipinski definition) is 4. The first-order chi connectivity index (χ1) is 15.5. The molecule has 2 aromatic carbocycles. The van der Waals surface area contributed by atoms with Gasteiger partial charge in [-0.15, -0.1) is 0 Å². The van der Waals surface area contributed by atoms with Crippen molar-refractivity contribution in [3.8, 4) is 0 Å². The Morgan fingerprint density at radius 1 is 1.00 bits per heavy atom. The molecule has 0 saturated carbocycles. The van der Waals surface area contributed by atoms with Crippen molar-refractivity contribution < 1.29 is 18.0 Å². The SMILES string of the molecule is CC[C@H](C)NC(=O)[C@@H](C)N(Cc1c(Cl)cccc1Cl)C(=O)CN(c1ccccc1)S(C)(=O)=O. The number of anilines is 1. The number of carbonyl (C=O) groups is 2. The number of nitrogens with one attached hydrogen (secondary N) is 1. The fraction of sp³-hybridized carbons (Fsp3) is 0.391. The second-order valence-corrected chi connectivity index (χ2v) is 10.5. The number of para-hydroxylation sites is 1. The highest BCUT2D eigenvalue weighted by Crippen LogP contribution is 2.27. The Morgan fingerprint density at radius 2 is 1.58 bits per heavy atom. The molecular weight excluding hydrogens is 485 g/mol. The highest BCUT2D eigenvalue weighted by atomic mass is 35.5. The van der Waals surface area contributed by atoms with E-state index in [-0.39, 0.29) is 18.5 Å². The van der Waals surface area contributed by atoms with E-state index >= 15 is 0 Å². The van der Waals surface area contributed by atoms with Crippen LogP contribution in [0.15, 0.2) is 48.5 Å². The zero-order valence-corrected chi connectivity index (χ0v) is 21.4. The van der Waals surface area contributed by atoms with Gasteiger partial charge in [-0.25, -0.2) is 8.42 Å². The fourth-order valence-corrected chi connectivity index (χ4v) is 4.48. The van der Waals surface area contributed by atoms with Crippen molar-refractivity contribution >= 4 is 50.7 Å². The van der Waals surface area contributed by atoms with Crippen LogP contribution in [0.4, 0.5) is 5.69 Å². The topological polar surface area (TPSA) is 86.8 Å². The van der Waals surface area contributed by atoms with Crippen molar-refractivity contribution in [1.29, 1.82) is 0 Å². The van der Waals surface area contributed by atoms with E-state index in [0.29, 0.717) is 21.3 Å². The van der Waals surface area contributed by atoms with Gasteiger partial charge in [0.2, 0.25) is 21.8 Å². The summed E-state index contributed by atoms with van der Waals surface area (Å²) in [6, 6.07) is 12.3. The van der Waals surface area contributed by atoms with Crippen LogP contribution in [0.3, 0.4) is 0 Å². The summed E-state index contributed by atoms with van der Waals surface area (Å²) in [6.45, 7) is 4.85. The molecule has 0 bridgehead atoms. The maximum absolute atomic E-state index is 13.5. The molecule has 0 heterocycles. The van der Waals surface area contributed by atoms with Crippen LogP contribution in [-0.4, -0.2) is 50.0 Å². The molecule has 0 aliphatic rings. The third-order valence-corrected chi connectivity index (χ3v) is 7.13. The van der Waals surface area contributed by atoms with Gasteiger partial charge >= 0.3 is 0 Å². The number of benzene rings is 2. The van der Waals surface area contributed by atoms with Crippen LogP contribution in [0, 0.1) is 0 Å². The largest absolute Gasteiger partial charge is 0.352 e. The number of rotatable bonds is 10. The van der Waals surface area contributed by atoms with Crippen LogP contribution >= 0.6 is 23.2 Å². The van der Waals surface area contributed by atoms with E-state index in [4.69, 9.17) is 23.2 Å². The molecule has 1 N–H and O–H groups in total. The van der Waals surface area contributed by atoms with Gasteiger partial charge in [0.25, 0.3) is 0 Å². The highest BCUT2D eigenvalue weighted by molar-refractivity contribution is 7.92. The van der Waals surface area contributed by atoms with Crippen LogP contribution in [-0.2, 0) is 26.2 Å². The number of nitrogens with zero attached hydrogens (tertiary/aromatic N) is 2. The number of carbonyl (C=O) groups excluding carboxylic acids is 2. The molecular formula is C23H29Cl2N3O4S. The second-order valence-electron chi connectivity index (χ2n) is 7.82. The van der Waals surface area contributed by atoms with Crippen LogP contribution in [0.1, 0.15) is 32.8 Å². The average molecular weight is 514 g/mol. The van der Waals surface area contributed by atoms with Crippen LogP contribution in [0.2, 0.25) is 10.0 Å². The molecule has 0 aromatic heterocycles. The van der Waals surface area contributed by atoms with Crippen molar-refractivity contribution in [1.82, 2.24) is 10.2 Å². The molecule has 0 radical (unpaired) electrons. The maximum atomic E-state index is 13.5. The zero-order valence-electron chi connectivity index (χ0n) is 19.1. The Kier molecular flexibility index (Phi) is 9.57. The summed E-state index contributed by atoms with van der Waals surface area (Å²) in [5, 5.41) is 3.55. The molecule has 0 aliphatic carbocycles. The number of amides is 2. The van der Waals surface area contributed by atoms with E-state index in [1.54, 1.807) is 55.5 Å². The minimum atomic E-state index is -3.77. The average Bonchev–Trinajstić information content (AvgIpc) is 2.76. The van der Waals surface area contributed by atoms with Gasteiger partial charge in [0.1, 0.15) is 12.6 Å². The lowest BCUT2D eigenvalue weighted by molar-refractivity contribution is -0.139. The second kappa shape index (κ2) is 11.7. The molecule has 2 aromatic rings. The van der Waals surface area contributed by atoms with Gasteiger partial charge in [-0.05, 0) is 44.5 Å². The molecule has 0 saturated heterocycles. The Labute approximate surface area is 205 Å². The van der Waals surface area contributed by atoms with Crippen LogP contribution in [0.25, 0.3) is 0 Å². The van der Waals surface area contributed by atoms with Gasteiger partial charge in [0.05, 0.1) is 11.9 Å². The minimum Gasteiger partial charge on any atom is -0.352 e. The van der Waals surface area contributed by atoms with Crippen molar-refractivity contribution in [3.05, 3.63) is 64.1 Å². The van der Waals surface area contributed by atoms with Gasteiger partial charge in [-0.1, -0.05) is 54.4 Å². The molecule has 180 valence electrons. The third kappa shape index (κ3) is 7.35. The summed E-state index contributed by atoms with van der Waals surface area (Å²) in [7, 11) is -3.77. The van der Waals surface area contributed by atoms with Gasteiger partial charge in [0, 0.05) is 28.2 Å². The molecule has 33 heavy (non-hydrogen) atoms. The Balaban J connectivity index is 2.42. The zero-order chi connectivity index (χ0) is 24.8. The number of sulfonamides is 1. The van der Waals surface area contributed by atoms with E-state index in [0.717, 1.165) is 17.0 Å². The molecule has 2 atom stereocenters. The predicted octanol–water partition coefficient (Wildman–Crippen LogP) is 4.09. The molecule has 0 fully saturated rings. The summed E-state index contributed by atoms with van der Waals surface area (Å²) in [5.41, 5.74) is 0.823. The molecule has 2 rings (SSSR count). The third-order valence-electron chi connectivity index (χ3n) is 5.28. The van der Waals surface area contributed by atoms with Gasteiger partial charge < -0.3 is 10.2 Å². The van der Waals surface area contributed by atoms with E-state index < -0.39 is 28.5 Å². The first-order valence-corrected chi connectivity index (χ1v) is 13.1. The normalized spacial score (nSPS) is 13.2. The lowest BCUT2D eigenvalue weighted by atomic mass is 10.1. The quantitative estimate of drug-likeness (QED) is 0.518. The van der Waals surface area contributed by atoms with Crippen LogP contribution in [0.5, 0.6) is 0 Å². The lowest BCUT2D eigenvalue weighted by Gasteiger charge is -2.32. The highest BCUT2D eigenvalue weighted by Gasteiger charge is 2.31. The molecule has 2 amide bonds. The molecule has 7 nitrogen and oxygen atoms in total. The molecule has 0 unspecified atom stereocenters. The maximum Gasteiger partial charge on any atom is 0.244 e. The van der Waals surface area contributed by atoms with E-state index in [9.17, 15) is 18.0 Å². The standard InChI is InChI=1S/C23H29Cl2N3O4S/c1-5-16(2)26-23(30)17(3)27(14-19-20(24)12-9-13-21(19)25)22(29)15-28(33(4,31)32)18-10-7-6-8-11-18/h6-13,16-17H,5,14-15H2,1-4H3,(H,26,30)/t16-,17+/m0/s1. The Morgan fingerprint density at radius 3 is 2.09 bits per heavy atom. The van der Waals surface area contributed by atoms with Crippen molar-refractivity contribution in [2.75, 3.05) is 17.1 Å². The number of hydrogen-bond donors (Lipinski definition) is 1. The predicted molar refractivity (Wildman–Crippen MR) is 133 cm³/mol. The summed E-state index contributed by atoms with van der Waals surface area (Å²) in [6.07, 6.45) is 1.75. The van der Waals surface area contributed by atoms with E-state index in [1.165, 1.54) is 4.90 Å². The first-order valence-electron chi connectivity index (χ1n) is 10.5. The lowest BCUT2D eigenvalue weighted by Crippen LogP contribution is -2.52. The van der Waals surface area contributed by atoms with Gasteiger partial charge in [-0.2, -0.15) is 0 Å². The summed E-state index contributed by atoms with van der Waals surface area (Å²) in [5.74, 6) is -0.918. The fourth-order valence-electron chi connectivity index (χ4n) is 3.11. The summed E-state index contributed by atoms with van der Waals surface area (Å²) < 4.78 is 26.0. The molecule has 0 spiro atoms. The van der Waals surface area contributed by atoms with Crippen molar-refractivity contribution in [2.45, 2.75) is 45.8 Å². The Hall–Kier alpha value is -2.29. The van der Waals surface area contributed by atoms with Crippen molar-refractivity contribution in [3.63, 3.8) is 0 Å². The van der Waals surface area contributed by atoms with E-state index in [1.807, 2.05) is 13.8 Å². The molecule has 10 heteroatoms. The van der Waals surface area contributed by atoms with Crippen molar-refractivity contribution in [2.24, 2.45) is 0 Å².